The fourth-order valence-corrected chi connectivity index (χ4v) is 2.30. The van der Waals surface area contributed by atoms with Crippen LogP contribution < -0.4 is 0 Å². The van der Waals surface area contributed by atoms with Crippen LogP contribution in [0.1, 0.15) is 26.0 Å². The Hall–Kier alpha value is -2.23. The molecule has 0 amide bonds. The van der Waals surface area contributed by atoms with E-state index >= 15 is 0 Å². The van der Waals surface area contributed by atoms with Gasteiger partial charge in [0, 0.05) is 11.1 Å². The quantitative estimate of drug-likeness (QED) is 0.849. The fourth-order valence-electron chi connectivity index (χ4n) is 2.30. The highest BCUT2D eigenvalue weighted by atomic mass is 16.3. The number of aromatic hydroxyl groups is 1. The van der Waals surface area contributed by atoms with Gasteiger partial charge >= 0.3 is 0 Å². The number of hydrogen-bond donors (Lipinski definition) is 1. The molecule has 0 bridgehead atoms. The molecule has 0 radical (unpaired) electrons. The number of aryl methyl sites for hydroxylation is 1. The van der Waals surface area contributed by atoms with E-state index < -0.39 is 5.92 Å². The molecule has 20 heavy (non-hydrogen) atoms. The van der Waals surface area contributed by atoms with Crippen LogP contribution in [0.25, 0.3) is 10.9 Å². The van der Waals surface area contributed by atoms with Crippen LogP contribution in [0.4, 0.5) is 0 Å². The van der Waals surface area contributed by atoms with Crippen molar-refractivity contribution in [2.24, 2.45) is 5.92 Å². The Bertz CT molecular complexity index is 650. The molecule has 0 aliphatic carbocycles. The molecule has 0 saturated heterocycles. The predicted octanol–water partition coefficient (Wildman–Crippen LogP) is 2.67. The van der Waals surface area contributed by atoms with E-state index in [1.807, 2.05) is 18.2 Å². The standard InChI is InChI=1S/C16H17NO3/c1-10(18)14(11(2)19)9-8-13-7-6-12-4-3-5-15(20)16(12)17-13/h3-7,14,20H,8-9H2,1-2H3. The summed E-state index contributed by atoms with van der Waals surface area (Å²) >= 11 is 0. The van der Waals surface area contributed by atoms with Crippen molar-refractivity contribution >= 4 is 22.5 Å². The SMILES string of the molecule is CC(=O)C(CCc1ccc2cccc(O)c2n1)C(C)=O. The van der Waals surface area contributed by atoms with E-state index in [1.54, 1.807) is 12.1 Å². The van der Waals surface area contributed by atoms with Crippen LogP contribution in [-0.2, 0) is 16.0 Å². The molecule has 1 heterocycles. The number of hydrogen-bond acceptors (Lipinski definition) is 4. The molecular formula is C16H17NO3. The largest absolute Gasteiger partial charge is 0.506 e. The summed E-state index contributed by atoms with van der Waals surface area (Å²) in [5, 5.41) is 10.6. The summed E-state index contributed by atoms with van der Waals surface area (Å²) in [6.07, 6.45) is 0.991. The lowest BCUT2D eigenvalue weighted by Gasteiger charge is -2.10. The Morgan fingerprint density at radius 3 is 2.50 bits per heavy atom. The van der Waals surface area contributed by atoms with Crippen molar-refractivity contribution in [3.05, 3.63) is 36.0 Å². The molecule has 2 rings (SSSR count). The number of rotatable bonds is 5. The summed E-state index contributed by atoms with van der Waals surface area (Å²) in [6, 6.07) is 8.97. The molecule has 0 aliphatic rings. The number of para-hydroxylation sites is 1. The maximum Gasteiger partial charge on any atom is 0.141 e. The van der Waals surface area contributed by atoms with Crippen molar-refractivity contribution in [3.63, 3.8) is 0 Å². The minimum atomic E-state index is -0.558. The highest BCUT2D eigenvalue weighted by molar-refractivity contribution is 6.00. The normalized spacial score (nSPS) is 10.9. The monoisotopic (exact) mass is 271 g/mol. The first kappa shape index (κ1) is 14.2. The molecule has 0 atom stereocenters. The van der Waals surface area contributed by atoms with Crippen LogP contribution in [0.15, 0.2) is 30.3 Å². The third kappa shape index (κ3) is 3.02. The van der Waals surface area contributed by atoms with Crippen molar-refractivity contribution < 1.29 is 14.7 Å². The number of carbonyl (C=O) groups is 2. The lowest BCUT2D eigenvalue weighted by atomic mass is 9.94. The van der Waals surface area contributed by atoms with E-state index in [1.165, 1.54) is 13.8 Å². The van der Waals surface area contributed by atoms with E-state index in [0.717, 1.165) is 11.1 Å². The summed E-state index contributed by atoms with van der Waals surface area (Å²) in [5.74, 6) is -0.641. The van der Waals surface area contributed by atoms with E-state index in [9.17, 15) is 14.7 Å². The van der Waals surface area contributed by atoms with Crippen LogP contribution in [0, 0.1) is 5.92 Å². The number of ketones is 2. The number of aromatic nitrogens is 1. The molecule has 2 aromatic rings. The smallest absolute Gasteiger partial charge is 0.141 e. The van der Waals surface area contributed by atoms with Crippen LogP contribution >= 0.6 is 0 Å². The van der Waals surface area contributed by atoms with Crippen molar-refractivity contribution in [2.45, 2.75) is 26.7 Å². The molecule has 0 spiro atoms. The third-order valence-electron chi connectivity index (χ3n) is 3.43. The minimum Gasteiger partial charge on any atom is -0.506 e. The maximum atomic E-state index is 11.4. The molecule has 4 nitrogen and oxygen atoms in total. The van der Waals surface area contributed by atoms with Gasteiger partial charge in [-0.2, -0.15) is 0 Å². The summed E-state index contributed by atoms with van der Waals surface area (Å²) in [6.45, 7) is 2.87. The van der Waals surface area contributed by atoms with E-state index in [4.69, 9.17) is 0 Å². The number of Topliss-reactive ketones (excluding diaryl/α,β-unsaturated/α-hetero) is 2. The topological polar surface area (TPSA) is 67.3 Å². The third-order valence-corrected chi connectivity index (χ3v) is 3.43. The van der Waals surface area contributed by atoms with Gasteiger partial charge in [0.2, 0.25) is 0 Å². The van der Waals surface area contributed by atoms with Crippen molar-refractivity contribution in [3.8, 4) is 5.75 Å². The van der Waals surface area contributed by atoms with Gasteiger partial charge in [-0.3, -0.25) is 9.59 Å². The van der Waals surface area contributed by atoms with E-state index in [-0.39, 0.29) is 17.3 Å². The second-order valence-corrected chi connectivity index (χ2v) is 4.96. The molecule has 104 valence electrons. The van der Waals surface area contributed by atoms with Gasteiger partial charge in [0.05, 0.1) is 5.92 Å². The first-order valence-electron chi connectivity index (χ1n) is 6.57. The average Bonchev–Trinajstić information content (AvgIpc) is 2.39. The molecule has 0 fully saturated rings. The van der Waals surface area contributed by atoms with Gasteiger partial charge in [0.15, 0.2) is 0 Å². The fraction of sp³-hybridized carbons (Fsp3) is 0.312. The molecule has 1 aromatic heterocycles. The molecule has 1 N–H and O–H groups in total. The number of nitrogens with zero attached hydrogens (tertiary/aromatic N) is 1. The Labute approximate surface area is 117 Å². The molecular weight excluding hydrogens is 254 g/mol. The first-order chi connectivity index (χ1) is 9.49. The van der Waals surface area contributed by atoms with Crippen LogP contribution in [0.3, 0.4) is 0 Å². The number of pyridine rings is 1. The predicted molar refractivity (Wildman–Crippen MR) is 76.6 cm³/mol. The zero-order valence-corrected chi connectivity index (χ0v) is 11.6. The Balaban J connectivity index is 2.20. The zero-order chi connectivity index (χ0) is 14.7. The van der Waals surface area contributed by atoms with Gasteiger partial charge in [0.1, 0.15) is 22.8 Å². The second-order valence-electron chi connectivity index (χ2n) is 4.96. The van der Waals surface area contributed by atoms with Crippen LogP contribution in [-0.4, -0.2) is 21.7 Å². The number of fused-ring (bicyclic) bond motifs is 1. The molecule has 1 aromatic carbocycles. The van der Waals surface area contributed by atoms with Gasteiger partial charge in [-0.1, -0.05) is 18.2 Å². The Kier molecular flexibility index (Phi) is 4.13. The lowest BCUT2D eigenvalue weighted by molar-refractivity contribution is -0.130. The summed E-state index contributed by atoms with van der Waals surface area (Å²) < 4.78 is 0. The van der Waals surface area contributed by atoms with Gasteiger partial charge < -0.3 is 5.11 Å². The molecule has 0 aliphatic heterocycles. The lowest BCUT2D eigenvalue weighted by Crippen LogP contribution is -2.20. The van der Waals surface area contributed by atoms with Gasteiger partial charge in [-0.05, 0) is 38.8 Å². The highest BCUT2D eigenvalue weighted by Gasteiger charge is 2.19. The maximum absolute atomic E-state index is 11.4. The summed E-state index contributed by atoms with van der Waals surface area (Å²) in [5.41, 5.74) is 1.32. The number of phenolic OH excluding ortho intramolecular Hbond substituents is 1. The summed E-state index contributed by atoms with van der Waals surface area (Å²) in [7, 11) is 0. The highest BCUT2D eigenvalue weighted by Crippen LogP contribution is 2.23. The average molecular weight is 271 g/mol. The first-order valence-corrected chi connectivity index (χ1v) is 6.57. The number of benzene rings is 1. The van der Waals surface area contributed by atoms with Crippen molar-refractivity contribution in [1.29, 1.82) is 0 Å². The Morgan fingerprint density at radius 1 is 1.15 bits per heavy atom. The molecule has 0 unspecified atom stereocenters. The minimum absolute atomic E-state index is 0.110. The van der Waals surface area contributed by atoms with Crippen LogP contribution in [0.5, 0.6) is 5.75 Å². The number of carbonyl (C=O) groups excluding carboxylic acids is 2. The molecule has 0 saturated carbocycles. The second kappa shape index (κ2) is 5.82. The number of phenols is 1. The molecule has 4 heteroatoms. The van der Waals surface area contributed by atoms with Crippen molar-refractivity contribution in [1.82, 2.24) is 4.98 Å². The Morgan fingerprint density at radius 2 is 1.85 bits per heavy atom. The van der Waals surface area contributed by atoms with Gasteiger partial charge in [-0.15, -0.1) is 0 Å². The van der Waals surface area contributed by atoms with E-state index in [2.05, 4.69) is 4.98 Å². The summed E-state index contributed by atoms with van der Waals surface area (Å²) in [4.78, 5) is 27.2. The van der Waals surface area contributed by atoms with E-state index in [0.29, 0.717) is 18.4 Å². The van der Waals surface area contributed by atoms with Gasteiger partial charge in [0.25, 0.3) is 0 Å². The van der Waals surface area contributed by atoms with Gasteiger partial charge in [-0.25, -0.2) is 4.98 Å². The zero-order valence-electron chi connectivity index (χ0n) is 11.6. The van der Waals surface area contributed by atoms with Crippen LogP contribution in [0.2, 0.25) is 0 Å². The van der Waals surface area contributed by atoms with Crippen molar-refractivity contribution in [2.75, 3.05) is 0 Å².